The highest BCUT2D eigenvalue weighted by molar-refractivity contribution is 7.00. The van der Waals surface area contributed by atoms with Gasteiger partial charge in [-0.3, -0.25) is 0 Å². The first kappa shape index (κ1) is 51.9. The van der Waals surface area contributed by atoms with Crippen LogP contribution in [0.4, 0.5) is 34.1 Å². The SMILES string of the molecule is c1ccc(-c2ccc3c(c2)B2c4ccc(-c5ccc6c(-c7ccccc7)c7ccccc7c(-c7ccccc7)c6c5)cc4N(c4c(-c5ccccc5)cccc4-c4ccccc4)c4cccc(c42)N3c2c(-c3ccccc3)cccc2-c2ccccc2)cc1. The maximum atomic E-state index is 2.64. The molecule has 414 valence electrons. The van der Waals surface area contributed by atoms with Crippen molar-refractivity contribution in [2.24, 2.45) is 0 Å². The van der Waals surface area contributed by atoms with Gasteiger partial charge in [-0.2, -0.15) is 0 Å². The third kappa shape index (κ3) is 8.73. The van der Waals surface area contributed by atoms with Crippen molar-refractivity contribution in [2.45, 2.75) is 0 Å². The molecule has 2 heterocycles. The molecule has 0 aromatic heterocycles. The van der Waals surface area contributed by atoms with Crippen LogP contribution in [0.25, 0.3) is 111 Å². The van der Waals surface area contributed by atoms with Gasteiger partial charge >= 0.3 is 0 Å². The van der Waals surface area contributed by atoms with Gasteiger partial charge in [0.1, 0.15) is 0 Å². The van der Waals surface area contributed by atoms with Gasteiger partial charge in [0.2, 0.25) is 0 Å². The second-order valence-electron chi connectivity index (χ2n) is 23.4. The maximum Gasteiger partial charge on any atom is 0.252 e. The van der Waals surface area contributed by atoms with Crippen LogP contribution in [0.3, 0.4) is 0 Å². The molecule has 89 heavy (non-hydrogen) atoms. The topological polar surface area (TPSA) is 6.48 Å². The van der Waals surface area contributed by atoms with Gasteiger partial charge in [-0.05, 0) is 135 Å². The molecule has 2 aliphatic rings. The van der Waals surface area contributed by atoms with Crippen molar-refractivity contribution in [1.29, 1.82) is 0 Å². The molecule has 0 unspecified atom stereocenters. The minimum absolute atomic E-state index is 0.161. The molecular formula is C86H57BN2. The Balaban J connectivity index is 0.982. The molecule has 0 fully saturated rings. The first-order chi connectivity index (χ1) is 44.2. The lowest BCUT2D eigenvalue weighted by Crippen LogP contribution is -2.61. The quantitative estimate of drug-likeness (QED) is 0.0995. The third-order valence-corrected chi connectivity index (χ3v) is 18.4. The average molecular weight is 1130 g/mol. The van der Waals surface area contributed by atoms with Crippen LogP contribution >= 0.6 is 0 Å². The molecule has 0 N–H and O–H groups in total. The molecule has 0 saturated carbocycles. The minimum Gasteiger partial charge on any atom is -0.310 e. The first-order valence-electron chi connectivity index (χ1n) is 30.9. The molecule has 0 bridgehead atoms. The fourth-order valence-electron chi connectivity index (χ4n) is 14.6. The predicted molar refractivity (Wildman–Crippen MR) is 379 cm³/mol. The molecule has 2 nitrogen and oxygen atoms in total. The molecule has 0 saturated heterocycles. The predicted octanol–water partition coefficient (Wildman–Crippen LogP) is 21.4. The summed E-state index contributed by atoms with van der Waals surface area (Å²) in [6, 6.07) is 128. The Bertz CT molecular complexity index is 5050. The van der Waals surface area contributed by atoms with E-state index in [-0.39, 0.29) is 6.71 Å². The highest BCUT2D eigenvalue weighted by Crippen LogP contribution is 2.54. The largest absolute Gasteiger partial charge is 0.310 e. The zero-order valence-corrected chi connectivity index (χ0v) is 48.9. The maximum absolute atomic E-state index is 2.64. The fraction of sp³-hybridized carbons (Fsp3) is 0. The molecule has 2 aliphatic heterocycles. The molecule has 15 aromatic rings. The van der Waals surface area contributed by atoms with Crippen molar-refractivity contribution in [2.75, 3.05) is 9.80 Å². The van der Waals surface area contributed by atoms with Gasteiger partial charge in [0.15, 0.2) is 0 Å². The van der Waals surface area contributed by atoms with Crippen molar-refractivity contribution in [1.82, 2.24) is 0 Å². The number of hydrogen-bond donors (Lipinski definition) is 0. The van der Waals surface area contributed by atoms with Crippen LogP contribution in [0.2, 0.25) is 0 Å². The van der Waals surface area contributed by atoms with Gasteiger partial charge in [0.25, 0.3) is 6.71 Å². The summed E-state index contributed by atoms with van der Waals surface area (Å²) in [5.41, 5.74) is 29.4. The van der Waals surface area contributed by atoms with E-state index in [1.807, 2.05) is 0 Å². The van der Waals surface area contributed by atoms with Gasteiger partial charge in [-0.15, -0.1) is 0 Å². The lowest BCUT2D eigenvalue weighted by atomic mass is 9.33. The van der Waals surface area contributed by atoms with E-state index in [1.165, 1.54) is 71.3 Å². The molecule has 17 rings (SSSR count). The zero-order valence-electron chi connectivity index (χ0n) is 48.9. The molecule has 3 heteroatoms. The van der Waals surface area contributed by atoms with Crippen molar-refractivity contribution in [3.05, 3.63) is 346 Å². The van der Waals surface area contributed by atoms with Crippen molar-refractivity contribution in [3.63, 3.8) is 0 Å². The Labute approximate surface area is 520 Å². The number of nitrogens with zero attached hydrogens (tertiary/aromatic N) is 2. The van der Waals surface area contributed by atoms with Crippen LogP contribution in [0.1, 0.15) is 0 Å². The second kappa shape index (κ2) is 21.8. The normalized spacial score (nSPS) is 12.2. The third-order valence-electron chi connectivity index (χ3n) is 18.4. The Hall–Kier alpha value is -11.5. The van der Waals surface area contributed by atoms with E-state index >= 15 is 0 Å². The van der Waals surface area contributed by atoms with E-state index in [9.17, 15) is 0 Å². The first-order valence-corrected chi connectivity index (χ1v) is 30.9. The lowest BCUT2D eigenvalue weighted by Gasteiger charge is -2.45. The van der Waals surface area contributed by atoms with E-state index in [0.29, 0.717) is 0 Å². The highest BCUT2D eigenvalue weighted by Gasteiger charge is 2.45. The summed E-state index contributed by atoms with van der Waals surface area (Å²) in [4.78, 5) is 5.25. The highest BCUT2D eigenvalue weighted by atomic mass is 15.2. The number of benzene rings is 15. The lowest BCUT2D eigenvalue weighted by molar-refractivity contribution is 1.25. The van der Waals surface area contributed by atoms with Gasteiger partial charge in [-0.1, -0.05) is 315 Å². The molecule has 0 spiro atoms. The molecule has 15 aromatic carbocycles. The van der Waals surface area contributed by atoms with E-state index in [0.717, 1.165) is 89.8 Å². The van der Waals surface area contributed by atoms with E-state index in [2.05, 4.69) is 356 Å². The van der Waals surface area contributed by atoms with Crippen LogP contribution in [0.15, 0.2) is 346 Å². The Morgan fingerprint density at radius 1 is 0.191 bits per heavy atom. The van der Waals surface area contributed by atoms with Crippen molar-refractivity contribution < 1.29 is 0 Å². The van der Waals surface area contributed by atoms with Gasteiger partial charge in [-0.25, -0.2) is 0 Å². The van der Waals surface area contributed by atoms with Crippen molar-refractivity contribution in [3.8, 4) is 89.0 Å². The number of anilines is 6. The Kier molecular flexibility index (Phi) is 12.7. The van der Waals surface area contributed by atoms with E-state index in [4.69, 9.17) is 0 Å². The fourth-order valence-corrected chi connectivity index (χ4v) is 14.6. The average Bonchev–Trinajstić information content (AvgIpc) is 0.744. The van der Waals surface area contributed by atoms with E-state index < -0.39 is 0 Å². The smallest absolute Gasteiger partial charge is 0.252 e. The summed E-state index contributed by atoms with van der Waals surface area (Å²) in [6.45, 7) is -0.161. The monoisotopic (exact) mass is 1130 g/mol. The van der Waals surface area contributed by atoms with Crippen LogP contribution in [0, 0.1) is 0 Å². The Morgan fingerprint density at radius 2 is 0.539 bits per heavy atom. The number of fused-ring (bicyclic) bond motifs is 6. The summed E-state index contributed by atoms with van der Waals surface area (Å²) in [7, 11) is 0. The zero-order chi connectivity index (χ0) is 58.8. The standard InChI is InChI=1S/C86H57BN2/c1-8-27-58(28-9-1)66-51-54-78-77(56-66)87-76-53-50-67(65-49-52-74-75(55-65)83(64-39-20-7-21-40-64)73-42-23-22-41-72(73)82(74)63-37-18-6-19-38-63)57-81(76)89(86-70(61-33-14-4-15-34-61)45-25-46-71(86)62-35-16-5-17-36-62)80-48-26-47-79(84(80)87)88(78)85-68(59-29-10-2-11-30-59)43-24-44-69(85)60-31-12-3-13-32-60/h1-57H. The second-order valence-corrected chi connectivity index (χ2v) is 23.4. The number of hydrogen-bond acceptors (Lipinski definition) is 2. The van der Waals surface area contributed by atoms with Crippen LogP contribution in [-0.4, -0.2) is 6.71 Å². The molecule has 0 atom stereocenters. The van der Waals surface area contributed by atoms with Gasteiger partial charge in [0.05, 0.1) is 11.4 Å². The summed E-state index contributed by atoms with van der Waals surface area (Å²) in [5.74, 6) is 0. The van der Waals surface area contributed by atoms with Crippen molar-refractivity contribution >= 4 is 78.8 Å². The summed E-state index contributed by atoms with van der Waals surface area (Å²) in [5, 5.41) is 4.93. The molecular weight excluding hydrogens is 1070 g/mol. The molecule has 0 amide bonds. The Morgan fingerprint density at radius 3 is 1.01 bits per heavy atom. The minimum atomic E-state index is -0.161. The number of para-hydroxylation sites is 2. The summed E-state index contributed by atoms with van der Waals surface area (Å²) in [6.07, 6.45) is 0. The van der Waals surface area contributed by atoms with Gasteiger partial charge in [0, 0.05) is 45.0 Å². The molecule has 0 aliphatic carbocycles. The van der Waals surface area contributed by atoms with Crippen LogP contribution in [0.5, 0.6) is 0 Å². The van der Waals surface area contributed by atoms with E-state index in [1.54, 1.807) is 0 Å². The van der Waals surface area contributed by atoms with Crippen LogP contribution in [-0.2, 0) is 0 Å². The number of rotatable bonds is 10. The summed E-state index contributed by atoms with van der Waals surface area (Å²) >= 11 is 0. The van der Waals surface area contributed by atoms with Gasteiger partial charge < -0.3 is 9.80 Å². The van der Waals surface area contributed by atoms with Crippen LogP contribution < -0.4 is 26.2 Å². The summed E-state index contributed by atoms with van der Waals surface area (Å²) < 4.78 is 0. The molecule has 0 radical (unpaired) electrons.